The third-order valence-electron chi connectivity index (χ3n) is 3.78. The fourth-order valence-electron chi connectivity index (χ4n) is 2.34. The van der Waals surface area contributed by atoms with Crippen LogP contribution < -0.4 is 5.32 Å². The van der Waals surface area contributed by atoms with E-state index >= 15 is 0 Å². The maximum atomic E-state index is 12.9. The first-order chi connectivity index (χ1) is 10.4. The average Bonchev–Trinajstić information content (AvgIpc) is 2.97. The summed E-state index contributed by atoms with van der Waals surface area (Å²) in [5.41, 5.74) is -0.287. The lowest BCUT2D eigenvalue weighted by Crippen LogP contribution is -2.17. The molecule has 4 nitrogen and oxygen atoms in total. The zero-order valence-electron chi connectivity index (χ0n) is 11.8. The molecule has 2 aromatic rings. The van der Waals surface area contributed by atoms with Gasteiger partial charge < -0.3 is 5.32 Å². The van der Waals surface area contributed by atoms with Gasteiger partial charge in [-0.25, -0.2) is 4.68 Å². The minimum absolute atomic E-state index is 0.114. The molecule has 22 heavy (non-hydrogen) atoms. The van der Waals surface area contributed by atoms with E-state index in [-0.39, 0.29) is 23.4 Å². The second-order valence-corrected chi connectivity index (χ2v) is 5.49. The molecule has 1 saturated carbocycles. The molecule has 3 rings (SSSR count). The fraction of sp³-hybridized carbons (Fsp3) is 0.333. The van der Waals surface area contributed by atoms with Crippen molar-refractivity contribution >= 4 is 11.6 Å². The molecule has 2 atom stereocenters. The van der Waals surface area contributed by atoms with Crippen LogP contribution in [0.2, 0.25) is 0 Å². The van der Waals surface area contributed by atoms with Crippen LogP contribution in [0.4, 0.5) is 18.9 Å². The monoisotopic (exact) mass is 309 g/mol. The van der Waals surface area contributed by atoms with Gasteiger partial charge in [0.15, 0.2) is 0 Å². The number of aromatic nitrogens is 2. The van der Waals surface area contributed by atoms with Crippen LogP contribution in [0, 0.1) is 11.8 Å². The van der Waals surface area contributed by atoms with Crippen LogP contribution in [-0.4, -0.2) is 15.7 Å². The predicted octanol–water partition coefficient (Wildman–Crippen LogP) is 3.49. The first-order valence-corrected chi connectivity index (χ1v) is 6.88. The third-order valence-corrected chi connectivity index (χ3v) is 3.78. The Labute approximate surface area is 124 Å². The number of halogens is 3. The van der Waals surface area contributed by atoms with E-state index < -0.39 is 11.7 Å². The van der Waals surface area contributed by atoms with Gasteiger partial charge in [0.2, 0.25) is 5.91 Å². The molecule has 1 N–H and O–H groups in total. The van der Waals surface area contributed by atoms with Gasteiger partial charge in [-0.15, -0.1) is 0 Å². The number of nitrogens with one attached hydrogen (secondary N) is 1. The van der Waals surface area contributed by atoms with Crippen LogP contribution in [-0.2, 0) is 11.0 Å². The largest absolute Gasteiger partial charge is 0.416 e. The van der Waals surface area contributed by atoms with E-state index in [9.17, 15) is 18.0 Å². The van der Waals surface area contributed by atoms with E-state index in [1.54, 1.807) is 12.3 Å². The summed E-state index contributed by atoms with van der Waals surface area (Å²) in [6.45, 7) is 1.94. The van der Waals surface area contributed by atoms with Gasteiger partial charge in [0.25, 0.3) is 0 Å². The number of carbonyl (C=O) groups is 1. The Kier molecular flexibility index (Phi) is 3.42. The molecule has 1 aliphatic rings. The van der Waals surface area contributed by atoms with Gasteiger partial charge in [-0.2, -0.15) is 18.3 Å². The minimum atomic E-state index is -4.46. The molecule has 0 aliphatic heterocycles. The Hall–Kier alpha value is -2.31. The van der Waals surface area contributed by atoms with Gasteiger partial charge in [0.05, 0.1) is 16.9 Å². The van der Waals surface area contributed by atoms with Gasteiger partial charge in [-0.1, -0.05) is 6.92 Å². The number of benzene rings is 1. The van der Waals surface area contributed by atoms with E-state index in [4.69, 9.17) is 0 Å². The predicted molar refractivity (Wildman–Crippen MR) is 74.5 cm³/mol. The summed E-state index contributed by atoms with van der Waals surface area (Å²) in [7, 11) is 0. The zero-order chi connectivity index (χ0) is 15.9. The molecular formula is C15H14F3N3O. The lowest BCUT2D eigenvalue weighted by Gasteiger charge is -2.14. The molecule has 1 fully saturated rings. The maximum Gasteiger partial charge on any atom is 0.416 e. The van der Waals surface area contributed by atoms with Crippen LogP contribution in [0.25, 0.3) is 5.69 Å². The number of amides is 1. The molecule has 1 amide bonds. The quantitative estimate of drug-likeness (QED) is 0.943. The second-order valence-electron chi connectivity index (χ2n) is 5.49. The van der Waals surface area contributed by atoms with Gasteiger partial charge in [-0.3, -0.25) is 4.79 Å². The lowest BCUT2D eigenvalue weighted by molar-refractivity contribution is -0.137. The summed E-state index contributed by atoms with van der Waals surface area (Å²) in [5.74, 6) is -0.0980. The van der Waals surface area contributed by atoms with Gasteiger partial charge in [0.1, 0.15) is 0 Å². The van der Waals surface area contributed by atoms with E-state index in [1.807, 2.05) is 6.92 Å². The molecular weight excluding hydrogens is 295 g/mol. The average molecular weight is 309 g/mol. The first kappa shape index (κ1) is 14.6. The van der Waals surface area contributed by atoms with E-state index in [2.05, 4.69) is 10.4 Å². The molecule has 7 heteroatoms. The van der Waals surface area contributed by atoms with Crippen molar-refractivity contribution in [3.63, 3.8) is 0 Å². The Morgan fingerprint density at radius 1 is 1.41 bits per heavy atom. The van der Waals surface area contributed by atoms with E-state index in [0.29, 0.717) is 5.69 Å². The number of hydrogen-bond donors (Lipinski definition) is 1. The molecule has 1 aromatic carbocycles. The molecule has 0 unspecified atom stereocenters. The minimum Gasteiger partial charge on any atom is -0.324 e. The normalized spacial score (nSPS) is 20.7. The van der Waals surface area contributed by atoms with Crippen molar-refractivity contribution in [3.05, 3.63) is 42.2 Å². The molecule has 1 aromatic heterocycles. The molecule has 0 spiro atoms. The Morgan fingerprint density at radius 3 is 2.68 bits per heavy atom. The van der Waals surface area contributed by atoms with Crippen molar-refractivity contribution in [2.24, 2.45) is 11.8 Å². The summed E-state index contributed by atoms with van der Waals surface area (Å²) in [6.07, 6.45) is -0.568. The molecule has 0 radical (unpaired) electrons. The van der Waals surface area contributed by atoms with Crippen molar-refractivity contribution in [1.29, 1.82) is 0 Å². The first-order valence-electron chi connectivity index (χ1n) is 6.88. The van der Waals surface area contributed by atoms with Gasteiger partial charge in [-0.05, 0) is 36.6 Å². The number of nitrogens with zero attached hydrogens (tertiary/aromatic N) is 2. The van der Waals surface area contributed by atoms with Crippen molar-refractivity contribution < 1.29 is 18.0 Å². The van der Waals surface area contributed by atoms with Crippen LogP contribution >= 0.6 is 0 Å². The summed E-state index contributed by atoms with van der Waals surface area (Å²) < 4.78 is 40.1. The van der Waals surface area contributed by atoms with Crippen molar-refractivity contribution in [2.45, 2.75) is 19.5 Å². The summed E-state index contributed by atoms with van der Waals surface area (Å²) in [6, 6.07) is 4.89. The topological polar surface area (TPSA) is 46.9 Å². The highest BCUT2D eigenvalue weighted by Gasteiger charge is 2.39. The van der Waals surface area contributed by atoms with Crippen molar-refractivity contribution in [2.75, 3.05) is 5.32 Å². The van der Waals surface area contributed by atoms with E-state index in [1.165, 1.54) is 16.9 Å². The molecule has 0 bridgehead atoms. The number of anilines is 1. The Morgan fingerprint density at radius 2 is 2.14 bits per heavy atom. The summed E-state index contributed by atoms with van der Waals surface area (Å²) >= 11 is 0. The number of rotatable bonds is 3. The third kappa shape index (κ3) is 2.84. The van der Waals surface area contributed by atoms with Crippen LogP contribution in [0.1, 0.15) is 18.9 Å². The summed E-state index contributed by atoms with van der Waals surface area (Å²) in [5, 5.41) is 6.61. The number of hydrogen-bond acceptors (Lipinski definition) is 2. The van der Waals surface area contributed by atoms with Crippen molar-refractivity contribution in [3.8, 4) is 5.69 Å². The van der Waals surface area contributed by atoms with E-state index in [0.717, 1.165) is 18.6 Å². The fourth-order valence-corrected chi connectivity index (χ4v) is 2.34. The van der Waals surface area contributed by atoms with Crippen LogP contribution in [0.5, 0.6) is 0 Å². The van der Waals surface area contributed by atoms with Gasteiger partial charge >= 0.3 is 6.18 Å². The summed E-state index contributed by atoms with van der Waals surface area (Å²) in [4.78, 5) is 12.0. The molecule has 0 saturated heterocycles. The highest BCUT2D eigenvalue weighted by Crippen LogP contribution is 2.39. The number of alkyl halides is 3. The highest BCUT2D eigenvalue weighted by molar-refractivity contribution is 5.96. The molecule has 116 valence electrons. The second kappa shape index (κ2) is 5.15. The molecule has 1 aliphatic carbocycles. The maximum absolute atomic E-state index is 12.9. The van der Waals surface area contributed by atoms with Crippen LogP contribution in [0.3, 0.4) is 0 Å². The van der Waals surface area contributed by atoms with Crippen molar-refractivity contribution in [1.82, 2.24) is 9.78 Å². The number of carbonyl (C=O) groups excluding carboxylic acids is 1. The Bertz CT molecular complexity index is 695. The van der Waals surface area contributed by atoms with Gasteiger partial charge in [0, 0.05) is 18.3 Å². The lowest BCUT2D eigenvalue weighted by atomic mass is 10.1. The van der Waals surface area contributed by atoms with Crippen LogP contribution in [0.15, 0.2) is 36.7 Å². The molecule has 1 heterocycles. The standard InChI is InChI=1S/C15H14F3N3O/c1-9-7-11(9)14(22)20-12-8-10(15(16,17)18)3-4-13(12)21-6-2-5-19-21/h2-6,8-9,11H,7H2,1H3,(H,20,22)/t9-,11-/m0/s1. The SMILES string of the molecule is C[C@H]1C[C@@H]1C(=O)Nc1cc(C(F)(F)F)ccc1-n1cccn1. The smallest absolute Gasteiger partial charge is 0.324 e. The highest BCUT2D eigenvalue weighted by atomic mass is 19.4. The zero-order valence-corrected chi connectivity index (χ0v) is 11.8. The Balaban J connectivity index is 1.97.